The van der Waals surface area contributed by atoms with Crippen LogP contribution in [0.25, 0.3) is 11.0 Å². The van der Waals surface area contributed by atoms with E-state index < -0.39 is 11.8 Å². The van der Waals surface area contributed by atoms with Crippen molar-refractivity contribution in [2.45, 2.75) is 49.8 Å². The second kappa shape index (κ2) is 6.74. The molecule has 1 aromatic carbocycles. The number of ether oxygens (including phenoxy) is 2. The number of rotatable bonds is 5. The summed E-state index contributed by atoms with van der Waals surface area (Å²) in [6.45, 7) is 3.65. The van der Waals surface area contributed by atoms with E-state index in [1.54, 1.807) is 11.8 Å². The quantitative estimate of drug-likeness (QED) is 0.836. The Kier molecular flexibility index (Phi) is 4.85. The van der Waals surface area contributed by atoms with Gasteiger partial charge in [0.1, 0.15) is 0 Å². The molecule has 3 rings (SSSR count). The monoisotopic (exact) mass is 350 g/mol. The van der Waals surface area contributed by atoms with Crippen molar-refractivity contribution >= 4 is 28.8 Å². The van der Waals surface area contributed by atoms with E-state index in [-0.39, 0.29) is 18.6 Å². The van der Waals surface area contributed by atoms with Crippen LogP contribution in [0.3, 0.4) is 0 Å². The first-order valence-corrected chi connectivity index (χ1v) is 8.94. The lowest BCUT2D eigenvalue weighted by Crippen LogP contribution is -2.46. The highest BCUT2D eigenvalue weighted by Crippen LogP contribution is 2.32. The van der Waals surface area contributed by atoms with E-state index in [9.17, 15) is 4.79 Å². The summed E-state index contributed by atoms with van der Waals surface area (Å²) in [6.07, 6.45) is 0.188. The fourth-order valence-corrected chi connectivity index (χ4v) is 4.06. The third kappa shape index (κ3) is 3.91. The van der Waals surface area contributed by atoms with Gasteiger partial charge >= 0.3 is 5.97 Å². The van der Waals surface area contributed by atoms with Gasteiger partial charge in [-0.25, -0.2) is 4.98 Å². The van der Waals surface area contributed by atoms with Gasteiger partial charge < -0.3 is 19.1 Å². The third-order valence-electron chi connectivity index (χ3n) is 3.97. The second-order valence-corrected chi connectivity index (χ2v) is 7.45. The normalized spacial score (nSPS) is 23.5. The Bertz CT molecular complexity index is 743. The fourth-order valence-electron chi connectivity index (χ4n) is 3.06. The van der Waals surface area contributed by atoms with Crippen molar-refractivity contribution in [2.24, 2.45) is 7.05 Å². The second-order valence-electron chi connectivity index (χ2n) is 6.47. The number of carboxylic acid groups (broad SMARTS) is 1. The first-order chi connectivity index (χ1) is 11.3. The molecule has 0 unspecified atom stereocenters. The van der Waals surface area contributed by atoms with Crippen molar-refractivity contribution in [2.75, 3.05) is 5.75 Å². The molecule has 0 aliphatic carbocycles. The maximum Gasteiger partial charge on any atom is 0.305 e. The first-order valence-electron chi connectivity index (χ1n) is 7.96. The molecule has 0 saturated carbocycles. The van der Waals surface area contributed by atoms with Crippen molar-refractivity contribution in [3.05, 3.63) is 24.3 Å². The first kappa shape index (κ1) is 17.3. The lowest BCUT2D eigenvalue weighted by Gasteiger charge is -2.40. The van der Waals surface area contributed by atoms with Crippen LogP contribution >= 0.6 is 11.8 Å². The van der Waals surface area contributed by atoms with Gasteiger partial charge in [-0.3, -0.25) is 4.79 Å². The van der Waals surface area contributed by atoms with Crippen molar-refractivity contribution in [1.82, 2.24) is 9.55 Å². The van der Waals surface area contributed by atoms with Crippen LogP contribution in [-0.4, -0.2) is 44.4 Å². The van der Waals surface area contributed by atoms with Crippen LogP contribution in [0.5, 0.6) is 0 Å². The summed E-state index contributed by atoms with van der Waals surface area (Å²) in [5.41, 5.74) is 2.07. The number of aryl methyl sites for hydroxylation is 1. The van der Waals surface area contributed by atoms with Crippen LogP contribution in [0.2, 0.25) is 0 Å². The predicted molar refractivity (Wildman–Crippen MR) is 92.1 cm³/mol. The Balaban J connectivity index is 1.68. The van der Waals surface area contributed by atoms with Crippen LogP contribution in [0, 0.1) is 0 Å². The van der Waals surface area contributed by atoms with E-state index in [2.05, 4.69) is 9.55 Å². The van der Waals surface area contributed by atoms with E-state index in [0.717, 1.165) is 16.2 Å². The Labute approximate surface area is 145 Å². The molecule has 0 spiro atoms. The van der Waals surface area contributed by atoms with Gasteiger partial charge in [-0.15, -0.1) is 0 Å². The van der Waals surface area contributed by atoms with Gasteiger partial charge in [0.15, 0.2) is 10.9 Å². The van der Waals surface area contributed by atoms with Gasteiger partial charge in [0.05, 0.1) is 29.7 Å². The van der Waals surface area contributed by atoms with Crippen LogP contribution in [-0.2, 0) is 21.3 Å². The molecular formula is C17H22N2O4S. The zero-order chi connectivity index (χ0) is 17.3. The van der Waals surface area contributed by atoms with Crippen molar-refractivity contribution in [3.8, 4) is 0 Å². The van der Waals surface area contributed by atoms with Crippen molar-refractivity contribution in [3.63, 3.8) is 0 Å². The van der Waals surface area contributed by atoms with Crippen molar-refractivity contribution in [1.29, 1.82) is 0 Å². The summed E-state index contributed by atoms with van der Waals surface area (Å²) in [4.78, 5) is 15.6. The number of carboxylic acids is 1. The van der Waals surface area contributed by atoms with Gasteiger partial charge in [0.2, 0.25) is 0 Å². The molecule has 130 valence electrons. The van der Waals surface area contributed by atoms with Gasteiger partial charge in [0, 0.05) is 19.2 Å². The molecule has 2 heterocycles. The molecule has 7 heteroatoms. The molecule has 2 atom stereocenters. The largest absolute Gasteiger partial charge is 0.481 e. The molecule has 1 fully saturated rings. The Morgan fingerprint density at radius 2 is 2.08 bits per heavy atom. The molecule has 6 nitrogen and oxygen atoms in total. The minimum Gasteiger partial charge on any atom is -0.481 e. The maximum atomic E-state index is 11.0. The molecule has 2 aromatic rings. The Hall–Kier alpha value is -1.57. The standard InChI is InChI=1S/C17H22N2O4S/c1-17(2)22-11(9-15(20)21)8-12(23-17)10-24-16-18-13-6-4-5-7-14(13)19(16)3/h4-7,11-12H,8-10H2,1-3H3,(H,20,21)/t11-,12+/m1/s1. The maximum absolute atomic E-state index is 11.0. The molecule has 24 heavy (non-hydrogen) atoms. The minimum absolute atomic E-state index is 0.000245. The number of para-hydroxylation sites is 2. The van der Waals surface area contributed by atoms with E-state index in [1.807, 2.05) is 45.2 Å². The van der Waals surface area contributed by atoms with E-state index in [4.69, 9.17) is 14.6 Å². The highest BCUT2D eigenvalue weighted by Gasteiger charge is 2.36. The number of thioether (sulfide) groups is 1. The summed E-state index contributed by atoms with van der Waals surface area (Å²) in [7, 11) is 2.00. The number of nitrogens with zero attached hydrogens (tertiary/aromatic N) is 2. The molecule has 0 bridgehead atoms. The number of hydrogen-bond donors (Lipinski definition) is 1. The molecule has 1 saturated heterocycles. The number of hydrogen-bond acceptors (Lipinski definition) is 5. The molecule has 1 aliphatic rings. The van der Waals surface area contributed by atoms with E-state index in [1.165, 1.54) is 0 Å². The van der Waals surface area contributed by atoms with Gasteiger partial charge in [-0.1, -0.05) is 23.9 Å². The summed E-state index contributed by atoms with van der Waals surface area (Å²) in [5, 5.41) is 9.94. The highest BCUT2D eigenvalue weighted by atomic mass is 32.2. The van der Waals surface area contributed by atoms with Gasteiger partial charge in [0.25, 0.3) is 0 Å². The topological polar surface area (TPSA) is 73.6 Å². The summed E-state index contributed by atoms with van der Waals surface area (Å²) >= 11 is 1.62. The fraction of sp³-hybridized carbons (Fsp3) is 0.529. The van der Waals surface area contributed by atoms with E-state index >= 15 is 0 Å². The molecule has 0 radical (unpaired) electrons. The third-order valence-corrected chi connectivity index (χ3v) is 5.14. The van der Waals surface area contributed by atoms with Crippen molar-refractivity contribution < 1.29 is 19.4 Å². The lowest BCUT2D eigenvalue weighted by molar-refractivity contribution is -0.295. The number of fused-ring (bicyclic) bond motifs is 1. The summed E-state index contributed by atoms with van der Waals surface area (Å²) in [6, 6.07) is 8.02. The number of imidazole rings is 1. The van der Waals surface area contributed by atoms with Gasteiger partial charge in [-0.05, 0) is 26.0 Å². The average molecular weight is 350 g/mol. The summed E-state index contributed by atoms with van der Waals surface area (Å²) < 4.78 is 13.7. The minimum atomic E-state index is -0.848. The Morgan fingerprint density at radius 1 is 1.38 bits per heavy atom. The molecule has 1 N–H and O–H groups in total. The predicted octanol–water partition coefficient (Wildman–Crippen LogP) is 3.05. The number of aromatic nitrogens is 2. The zero-order valence-corrected chi connectivity index (χ0v) is 14.9. The SMILES string of the molecule is Cn1c(SC[C@@H]2C[C@H](CC(=O)O)OC(C)(C)O2)nc2ccccc21. The Morgan fingerprint density at radius 3 is 2.79 bits per heavy atom. The van der Waals surface area contributed by atoms with Crippen LogP contribution in [0.1, 0.15) is 26.7 Å². The zero-order valence-electron chi connectivity index (χ0n) is 14.1. The molecular weight excluding hydrogens is 328 g/mol. The number of benzene rings is 1. The molecule has 1 aliphatic heterocycles. The lowest BCUT2D eigenvalue weighted by atomic mass is 10.1. The number of aliphatic carboxylic acids is 1. The van der Waals surface area contributed by atoms with Crippen LogP contribution < -0.4 is 0 Å². The van der Waals surface area contributed by atoms with Crippen LogP contribution in [0.15, 0.2) is 29.4 Å². The van der Waals surface area contributed by atoms with Gasteiger partial charge in [-0.2, -0.15) is 0 Å². The highest BCUT2D eigenvalue weighted by molar-refractivity contribution is 7.99. The molecule has 0 amide bonds. The molecule has 1 aromatic heterocycles. The average Bonchev–Trinajstić information content (AvgIpc) is 2.80. The van der Waals surface area contributed by atoms with Crippen LogP contribution in [0.4, 0.5) is 0 Å². The smallest absolute Gasteiger partial charge is 0.305 e. The number of carbonyl (C=O) groups is 1. The van der Waals surface area contributed by atoms with E-state index in [0.29, 0.717) is 12.2 Å². The summed E-state index contributed by atoms with van der Waals surface area (Å²) in [5.74, 6) is -0.907.